The number of rotatable bonds is 4. The maximum absolute atomic E-state index is 12.7. The van der Waals surface area contributed by atoms with Crippen molar-refractivity contribution in [3.63, 3.8) is 0 Å². The Hall–Kier alpha value is -1.58. The Morgan fingerprint density at radius 2 is 2.27 bits per heavy atom. The van der Waals surface area contributed by atoms with Gasteiger partial charge in [-0.05, 0) is 24.1 Å². The molecule has 0 unspecified atom stereocenters. The molecule has 1 aromatic carbocycles. The highest BCUT2D eigenvalue weighted by Crippen LogP contribution is 2.16. The normalized spacial score (nSPS) is 10.0. The number of hydrogen-bond acceptors (Lipinski definition) is 2. The molecule has 0 aromatic heterocycles. The number of carbonyl (C=O) groups is 1. The monoisotopic (exact) mass is 211 g/mol. The summed E-state index contributed by atoms with van der Waals surface area (Å²) in [5, 5.41) is 11.8. The van der Waals surface area contributed by atoms with Gasteiger partial charge in [0.05, 0.1) is 6.42 Å². The topological polar surface area (TPSA) is 49.3 Å². The minimum Gasteiger partial charge on any atom is -0.505 e. The summed E-state index contributed by atoms with van der Waals surface area (Å²) in [7, 11) is 0. The molecule has 0 saturated heterocycles. The molecule has 0 fully saturated rings. The van der Waals surface area contributed by atoms with Crippen LogP contribution in [0.3, 0.4) is 0 Å². The van der Waals surface area contributed by atoms with Gasteiger partial charge in [0, 0.05) is 6.54 Å². The van der Waals surface area contributed by atoms with Crippen molar-refractivity contribution in [3.8, 4) is 5.75 Å². The minimum atomic E-state index is -0.673. The summed E-state index contributed by atoms with van der Waals surface area (Å²) in [6.07, 6.45) is 1.04. The lowest BCUT2D eigenvalue weighted by molar-refractivity contribution is -0.120. The fourth-order valence-corrected chi connectivity index (χ4v) is 1.18. The molecule has 1 amide bonds. The fraction of sp³-hybridized carbons (Fsp3) is 0.364. The van der Waals surface area contributed by atoms with Crippen LogP contribution in [0.2, 0.25) is 0 Å². The molecule has 1 rings (SSSR count). The number of phenols is 1. The van der Waals surface area contributed by atoms with Crippen molar-refractivity contribution >= 4 is 5.91 Å². The van der Waals surface area contributed by atoms with Crippen LogP contribution in [0.25, 0.3) is 0 Å². The van der Waals surface area contributed by atoms with Gasteiger partial charge in [-0.3, -0.25) is 4.79 Å². The molecule has 82 valence electrons. The molecule has 0 aliphatic rings. The third-order valence-corrected chi connectivity index (χ3v) is 1.95. The van der Waals surface area contributed by atoms with Crippen molar-refractivity contribution < 1.29 is 14.3 Å². The number of phenolic OH excluding ortho intramolecular Hbond substituents is 1. The Morgan fingerprint density at radius 1 is 1.53 bits per heavy atom. The lowest BCUT2D eigenvalue weighted by Gasteiger charge is -2.04. The minimum absolute atomic E-state index is 0.122. The average Bonchev–Trinajstić information content (AvgIpc) is 2.20. The average molecular weight is 211 g/mol. The van der Waals surface area contributed by atoms with Gasteiger partial charge in [-0.25, -0.2) is 4.39 Å². The van der Waals surface area contributed by atoms with Gasteiger partial charge < -0.3 is 10.4 Å². The van der Waals surface area contributed by atoms with E-state index in [1.165, 1.54) is 12.1 Å². The Morgan fingerprint density at radius 3 is 2.87 bits per heavy atom. The summed E-state index contributed by atoms with van der Waals surface area (Å²) in [5.74, 6) is -1.22. The van der Waals surface area contributed by atoms with Crippen LogP contribution in [0.4, 0.5) is 4.39 Å². The zero-order valence-electron chi connectivity index (χ0n) is 8.59. The quantitative estimate of drug-likeness (QED) is 0.794. The number of hydrogen-bond donors (Lipinski definition) is 2. The van der Waals surface area contributed by atoms with Crippen molar-refractivity contribution in [2.75, 3.05) is 6.54 Å². The first kappa shape index (κ1) is 11.5. The molecule has 0 aliphatic heterocycles. The summed E-state index contributed by atoms with van der Waals surface area (Å²) >= 11 is 0. The number of halogens is 1. The zero-order chi connectivity index (χ0) is 11.3. The molecular formula is C11H14FNO2. The molecule has 0 radical (unpaired) electrons. The van der Waals surface area contributed by atoms with E-state index in [0.29, 0.717) is 12.1 Å². The molecule has 0 atom stereocenters. The van der Waals surface area contributed by atoms with E-state index in [2.05, 4.69) is 5.32 Å². The van der Waals surface area contributed by atoms with Crippen molar-refractivity contribution in [1.82, 2.24) is 5.32 Å². The van der Waals surface area contributed by atoms with Gasteiger partial charge in [0.25, 0.3) is 0 Å². The van der Waals surface area contributed by atoms with Crippen molar-refractivity contribution in [2.24, 2.45) is 0 Å². The van der Waals surface area contributed by atoms with Gasteiger partial charge in [-0.2, -0.15) is 0 Å². The summed E-state index contributed by atoms with van der Waals surface area (Å²) < 4.78 is 12.7. The molecule has 15 heavy (non-hydrogen) atoms. The lowest BCUT2D eigenvalue weighted by Crippen LogP contribution is -2.25. The summed E-state index contributed by atoms with van der Waals surface area (Å²) in [6, 6.07) is 3.90. The molecule has 4 heteroatoms. The maximum atomic E-state index is 12.7. The predicted octanol–water partition coefficient (Wildman–Crippen LogP) is 1.60. The number of carbonyl (C=O) groups excluding carboxylic acids is 1. The maximum Gasteiger partial charge on any atom is 0.224 e. The van der Waals surface area contributed by atoms with Crippen LogP contribution in [0, 0.1) is 5.82 Å². The molecule has 0 bridgehead atoms. The Labute approximate surface area is 87.9 Å². The number of aromatic hydroxyl groups is 1. The van der Waals surface area contributed by atoms with Crippen LogP contribution in [0.15, 0.2) is 18.2 Å². The highest BCUT2D eigenvalue weighted by Gasteiger charge is 2.05. The Bertz CT molecular complexity index is 352. The van der Waals surface area contributed by atoms with E-state index in [1.54, 1.807) is 0 Å². The van der Waals surface area contributed by atoms with E-state index in [-0.39, 0.29) is 12.3 Å². The largest absolute Gasteiger partial charge is 0.505 e. The van der Waals surface area contributed by atoms with E-state index in [1.807, 2.05) is 6.92 Å². The summed E-state index contributed by atoms with van der Waals surface area (Å²) in [5.41, 5.74) is 0.600. The standard InChI is InChI=1S/C11H14FNO2/c1-2-5-13-11(15)7-8-3-4-9(12)10(14)6-8/h3-4,6,14H,2,5,7H2,1H3,(H,13,15). The first-order valence-corrected chi connectivity index (χ1v) is 4.87. The molecule has 2 N–H and O–H groups in total. The SMILES string of the molecule is CCCNC(=O)Cc1ccc(F)c(O)c1. The number of benzene rings is 1. The Kier molecular flexibility index (Phi) is 4.09. The zero-order valence-corrected chi connectivity index (χ0v) is 8.59. The second kappa shape index (κ2) is 5.34. The van der Waals surface area contributed by atoms with Crippen molar-refractivity contribution in [3.05, 3.63) is 29.6 Å². The smallest absolute Gasteiger partial charge is 0.224 e. The fourth-order valence-electron chi connectivity index (χ4n) is 1.18. The van der Waals surface area contributed by atoms with Crippen LogP contribution in [-0.2, 0) is 11.2 Å². The van der Waals surface area contributed by atoms with Crippen molar-refractivity contribution in [1.29, 1.82) is 0 Å². The summed E-state index contributed by atoms with van der Waals surface area (Å²) in [6.45, 7) is 2.59. The molecule has 0 heterocycles. The lowest BCUT2D eigenvalue weighted by atomic mass is 10.1. The van der Waals surface area contributed by atoms with Gasteiger partial charge in [0.2, 0.25) is 5.91 Å². The second-order valence-corrected chi connectivity index (χ2v) is 3.31. The van der Waals surface area contributed by atoms with Crippen LogP contribution in [-0.4, -0.2) is 17.6 Å². The number of amides is 1. The highest BCUT2D eigenvalue weighted by molar-refractivity contribution is 5.78. The van der Waals surface area contributed by atoms with Gasteiger partial charge >= 0.3 is 0 Å². The molecule has 3 nitrogen and oxygen atoms in total. The molecule has 0 saturated carbocycles. The van der Waals surface area contributed by atoms with Gasteiger partial charge in [0.15, 0.2) is 11.6 Å². The van der Waals surface area contributed by atoms with Crippen LogP contribution >= 0.6 is 0 Å². The Balaban J connectivity index is 2.57. The third-order valence-electron chi connectivity index (χ3n) is 1.95. The molecular weight excluding hydrogens is 197 g/mol. The second-order valence-electron chi connectivity index (χ2n) is 3.31. The summed E-state index contributed by atoms with van der Waals surface area (Å²) in [4.78, 5) is 11.3. The van der Waals surface area contributed by atoms with Crippen molar-refractivity contribution in [2.45, 2.75) is 19.8 Å². The van der Waals surface area contributed by atoms with E-state index in [0.717, 1.165) is 12.5 Å². The first-order chi connectivity index (χ1) is 7.13. The van der Waals surface area contributed by atoms with E-state index in [9.17, 15) is 9.18 Å². The molecule has 0 spiro atoms. The van der Waals surface area contributed by atoms with E-state index >= 15 is 0 Å². The van der Waals surface area contributed by atoms with Crippen LogP contribution < -0.4 is 5.32 Å². The number of nitrogens with one attached hydrogen (secondary N) is 1. The first-order valence-electron chi connectivity index (χ1n) is 4.87. The van der Waals surface area contributed by atoms with E-state index < -0.39 is 11.6 Å². The molecule has 1 aromatic rings. The third kappa shape index (κ3) is 3.58. The van der Waals surface area contributed by atoms with Crippen LogP contribution in [0.1, 0.15) is 18.9 Å². The van der Waals surface area contributed by atoms with Gasteiger partial charge in [-0.15, -0.1) is 0 Å². The predicted molar refractivity (Wildman–Crippen MR) is 55.1 cm³/mol. The van der Waals surface area contributed by atoms with Gasteiger partial charge in [0.1, 0.15) is 0 Å². The molecule has 0 aliphatic carbocycles. The highest BCUT2D eigenvalue weighted by atomic mass is 19.1. The van der Waals surface area contributed by atoms with Gasteiger partial charge in [-0.1, -0.05) is 13.0 Å². The van der Waals surface area contributed by atoms with E-state index in [4.69, 9.17) is 5.11 Å². The van der Waals surface area contributed by atoms with Crippen LogP contribution in [0.5, 0.6) is 5.75 Å².